The predicted octanol–water partition coefficient (Wildman–Crippen LogP) is 1.42. The van der Waals surface area contributed by atoms with E-state index in [1.807, 2.05) is 0 Å². The lowest BCUT2D eigenvalue weighted by Crippen LogP contribution is -2.54. The Labute approximate surface area is 190 Å². The Hall–Kier alpha value is -3.08. The van der Waals surface area contributed by atoms with E-state index in [1.54, 1.807) is 0 Å². The van der Waals surface area contributed by atoms with Crippen LogP contribution in [0.2, 0.25) is 0 Å². The number of nitrogens with zero attached hydrogens (tertiary/aromatic N) is 2. The number of benzene rings is 1. The van der Waals surface area contributed by atoms with E-state index in [1.165, 1.54) is 31.1 Å². The highest BCUT2D eigenvalue weighted by Gasteiger charge is 2.40. The standard InChI is InChI=1S/C22H28F2N2O7/c1-13(31-2)21(22(30)33-4)26(12-19(29)32-3)18(28)10-15-8-9-17(27)25(15)11-14-6-5-7-16(23)20(14)24/h5-7,13,15,21H,8-12H2,1-4H3/t13-,15+,21+/m1/s1. The summed E-state index contributed by atoms with van der Waals surface area (Å²) in [7, 11) is 3.62. The predicted molar refractivity (Wildman–Crippen MR) is 111 cm³/mol. The quantitative estimate of drug-likeness (QED) is 0.477. The number of likely N-dealkylation sites (tertiary alicyclic amines) is 1. The number of ether oxygens (including phenoxy) is 3. The van der Waals surface area contributed by atoms with Crippen LogP contribution in [-0.4, -0.2) is 79.6 Å². The number of rotatable bonds is 10. The molecule has 0 saturated carbocycles. The van der Waals surface area contributed by atoms with Gasteiger partial charge in [0.05, 0.1) is 20.3 Å². The average Bonchev–Trinajstić information content (AvgIpc) is 3.14. The van der Waals surface area contributed by atoms with Crippen molar-refractivity contribution in [3.63, 3.8) is 0 Å². The molecule has 2 amide bonds. The summed E-state index contributed by atoms with van der Waals surface area (Å²) in [4.78, 5) is 52.3. The number of halogens is 2. The van der Waals surface area contributed by atoms with E-state index in [0.717, 1.165) is 25.2 Å². The molecule has 1 fully saturated rings. The minimum absolute atomic E-state index is 0.0189. The van der Waals surface area contributed by atoms with Gasteiger partial charge in [-0.3, -0.25) is 14.4 Å². The summed E-state index contributed by atoms with van der Waals surface area (Å²) in [6, 6.07) is 1.79. The molecule has 9 nitrogen and oxygen atoms in total. The molecule has 3 atom stereocenters. The zero-order valence-electron chi connectivity index (χ0n) is 19.0. The lowest BCUT2D eigenvalue weighted by atomic mass is 10.1. The molecule has 33 heavy (non-hydrogen) atoms. The number of esters is 2. The summed E-state index contributed by atoms with van der Waals surface area (Å²) in [5, 5.41) is 0. The van der Waals surface area contributed by atoms with Crippen molar-refractivity contribution >= 4 is 23.8 Å². The fourth-order valence-electron chi connectivity index (χ4n) is 3.76. The van der Waals surface area contributed by atoms with E-state index < -0.39 is 54.2 Å². The molecule has 1 aromatic rings. The van der Waals surface area contributed by atoms with E-state index >= 15 is 0 Å². The average molecular weight is 470 g/mol. The van der Waals surface area contributed by atoms with Gasteiger partial charge in [-0.15, -0.1) is 0 Å². The van der Waals surface area contributed by atoms with Gasteiger partial charge in [0, 0.05) is 38.1 Å². The summed E-state index contributed by atoms with van der Waals surface area (Å²) in [5.74, 6) is -4.58. The smallest absolute Gasteiger partial charge is 0.331 e. The molecule has 0 radical (unpaired) electrons. The van der Waals surface area contributed by atoms with E-state index in [0.29, 0.717) is 6.42 Å². The first kappa shape index (κ1) is 26.2. The SMILES string of the molecule is COC(=O)CN(C(=O)C[C@@H]1CCC(=O)N1Cc1cccc(F)c1F)[C@H](C(=O)OC)[C@@H](C)OC. The zero-order valence-corrected chi connectivity index (χ0v) is 19.0. The van der Waals surface area contributed by atoms with Crippen LogP contribution < -0.4 is 0 Å². The Kier molecular flexibility index (Phi) is 9.27. The third kappa shape index (κ3) is 6.25. The van der Waals surface area contributed by atoms with E-state index in [4.69, 9.17) is 9.47 Å². The number of hydrogen-bond donors (Lipinski definition) is 0. The lowest BCUT2D eigenvalue weighted by Gasteiger charge is -2.34. The van der Waals surface area contributed by atoms with Crippen molar-refractivity contribution in [2.75, 3.05) is 27.9 Å². The molecule has 1 aromatic carbocycles. The number of carbonyl (C=O) groups excluding carboxylic acids is 4. The van der Waals surface area contributed by atoms with E-state index in [-0.39, 0.29) is 30.9 Å². The molecule has 0 bridgehead atoms. The maximum Gasteiger partial charge on any atom is 0.331 e. The van der Waals surface area contributed by atoms with Crippen molar-refractivity contribution in [1.82, 2.24) is 9.80 Å². The molecule has 1 aliphatic rings. The number of amides is 2. The molecule has 1 heterocycles. The van der Waals surface area contributed by atoms with E-state index in [9.17, 15) is 28.0 Å². The highest BCUT2D eigenvalue weighted by molar-refractivity contribution is 5.89. The van der Waals surface area contributed by atoms with Crippen LogP contribution in [0.3, 0.4) is 0 Å². The van der Waals surface area contributed by atoms with Gasteiger partial charge in [-0.05, 0) is 19.4 Å². The Morgan fingerprint density at radius 2 is 1.88 bits per heavy atom. The third-order valence-electron chi connectivity index (χ3n) is 5.68. The second kappa shape index (κ2) is 11.7. The maximum atomic E-state index is 14.1. The molecule has 2 rings (SSSR count). The first-order valence-corrected chi connectivity index (χ1v) is 10.3. The van der Waals surface area contributed by atoms with E-state index in [2.05, 4.69) is 4.74 Å². The minimum atomic E-state index is -1.24. The van der Waals surface area contributed by atoms with Crippen LogP contribution in [0.4, 0.5) is 8.78 Å². The van der Waals surface area contributed by atoms with Gasteiger partial charge >= 0.3 is 11.9 Å². The first-order chi connectivity index (χ1) is 15.6. The first-order valence-electron chi connectivity index (χ1n) is 10.3. The lowest BCUT2D eigenvalue weighted by molar-refractivity contribution is -0.162. The highest BCUT2D eigenvalue weighted by Crippen LogP contribution is 2.26. The fraction of sp³-hybridized carbons (Fsp3) is 0.545. The van der Waals surface area contributed by atoms with Crippen molar-refractivity contribution < 1.29 is 42.2 Å². The minimum Gasteiger partial charge on any atom is -0.468 e. The summed E-state index contributed by atoms with van der Waals surface area (Å²) < 4.78 is 42.4. The molecule has 11 heteroatoms. The van der Waals surface area contributed by atoms with Crippen molar-refractivity contribution in [2.45, 2.75) is 50.9 Å². The summed E-state index contributed by atoms with van der Waals surface area (Å²) in [5.41, 5.74) is -0.0189. The van der Waals surface area contributed by atoms with Crippen LogP contribution in [0.25, 0.3) is 0 Å². The second-order valence-electron chi connectivity index (χ2n) is 7.64. The number of methoxy groups -OCH3 is 3. The van der Waals surface area contributed by atoms with Gasteiger partial charge in [-0.1, -0.05) is 12.1 Å². The van der Waals surface area contributed by atoms with Crippen molar-refractivity contribution in [3.05, 3.63) is 35.4 Å². The molecule has 182 valence electrons. The fourth-order valence-corrected chi connectivity index (χ4v) is 3.76. The molecule has 0 aromatic heterocycles. The molecule has 1 saturated heterocycles. The van der Waals surface area contributed by atoms with Crippen molar-refractivity contribution in [3.8, 4) is 0 Å². The van der Waals surface area contributed by atoms with Gasteiger partial charge in [-0.2, -0.15) is 0 Å². The highest BCUT2D eigenvalue weighted by atomic mass is 19.2. The molecular weight excluding hydrogens is 442 g/mol. The molecular formula is C22H28F2N2O7. The van der Waals surface area contributed by atoms with Gasteiger partial charge in [0.2, 0.25) is 11.8 Å². The summed E-state index contributed by atoms with van der Waals surface area (Å²) in [6.07, 6.45) is -0.630. The van der Waals surface area contributed by atoms with Crippen molar-refractivity contribution in [2.24, 2.45) is 0 Å². The van der Waals surface area contributed by atoms with Crippen LogP contribution in [0, 0.1) is 11.6 Å². The van der Waals surface area contributed by atoms with Crippen LogP contribution in [0.5, 0.6) is 0 Å². The largest absolute Gasteiger partial charge is 0.468 e. The molecule has 0 spiro atoms. The van der Waals surface area contributed by atoms with Gasteiger partial charge in [0.25, 0.3) is 0 Å². The maximum absolute atomic E-state index is 14.1. The van der Waals surface area contributed by atoms with Gasteiger partial charge < -0.3 is 24.0 Å². The number of carbonyl (C=O) groups is 4. The summed E-state index contributed by atoms with van der Waals surface area (Å²) in [6.45, 7) is 0.783. The van der Waals surface area contributed by atoms with Gasteiger partial charge in [0.15, 0.2) is 17.7 Å². The molecule has 1 aliphatic heterocycles. The van der Waals surface area contributed by atoms with Crippen LogP contribution in [0.1, 0.15) is 31.7 Å². The zero-order chi connectivity index (χ0) is 24.7. The Balaban J connectivity index is 2.28. The monoisotopic (exact) mass is 470 g/mol. The molecule has 0 unspecified atom stereocenters. The summed E-state index contributed by atoms with van der Waals surface area (Å²) >= 11 is 0. The van der Waals surface area contributed by atoms with Crippen molar-refractivity contribution in [1.29, 1.82) is 0 Å². The molecule has 0 N–H and O–H groups in total. The van der Waals surface area contributed by atoms with Gasteiger partial charge in [0.1, 0.15) is 6.54 Å². The normalized spacial score (nSPS) is 17.5. The Morgan fingerprint density at radius 3 is 2.48 bits per heavy atom. The topological polar surface area (TPSA) is 102 Å². The van der Waals surface area contributed by atoms with Crippen LogP contribution in [0.15, 0.2) is 18.2 Å². The van der Waals surface area contributed by atoms with Gasteiger partial charge in [-0.25, -0.2) is 13.6 Å². The third-order valence-corrected chi connectivity index (χ3v) is 5.68. The number of hydrogen-bond acceptors (Lipinski definition) is 7. The van der Waals surface area contributed by atoms with Crippen LogP contribution in [-0.2, 0) is 39.9 Å². The Morgan fingerprint density at radius 1 is 1.18 bits per heavy atom. The van der Waals surface area contributed by atoms with Crippen LogP contribution >= 0.6 is 0 Å². The second-order valence-corrected chi connectivity index (χ2v) is 7.64. The Bertz CT molecular complexity index is 895. The molecule has 0 aliphatic carbocycles.